The number of hydrogen-bond donors (Lipinski definition) is 2. The number of halogens is 9. The lowest BCUT2D eigenvalue weighted by molar-refractivity contribution is -0.392. The van der Waals surface area contributed by atoms with Gasteiger partial charge in [0.1, 0.15) is 22.2 Å². The van der Waals surface area contributed by atoms with Crippen molar-refractivity contribution < 1.29 is 67.7 Å². The normalized spacial score (nSPS) is 22.2. The molecule has 0 saturated carbocycles. The Kier molecular flexibility index (Phi) is 9.98. The summed E-state index contributed by atoms with van der Waals surface area (Å²) in [5.41, 5.74) is -8.24. The van der Waals surface area contributed by atoms with Crippen molar-refractivity contribution in [3.05, 3.63) is 101 Å². The molecule has 2 saturated heterocycles. The van der Waals surface area contributed by atoms with Gasteiger partial charge in [0, 0.05) is 30.8 Å². The van der Waals surface area contributed by atoms with Crippen LogP contribution in [0.5, 0.6) is 0 Å². The minimum Gasteiger partial charge on any atom is -0.390 e. The number of carbonyl (C=O) groups is 1. The van der Waals surface area contributed by atoms with E-state index in [2.05, 4.69) is 4.74 Å². The lowest BCUT2D eigenvalue weighted by Crippen LogP contribution is -2.56. The number of likely N-dealkylation sites (tertiary alicyclic amines) is 2. The Bertz CT molecular complexity index is 1790. The molecule has 3 atom stereocenters. The summed E-state index contributed by atoms with van der Waals surface area (Å²) < 4.78 is 160. The van der Waals surface area contributed by atoms with E-state index in [4.69, 9.17) is 0 Å². The molecular weight excluding hydrogens is 711 g/mol. The maximum atomic E-state index is 14.5. The second-order valence-corrected chi connectivity index (χ2v) is 14.3. The van der Waals surface area contributed by atoms with Crippen LogP contribution in [0.25, 0.3) is 0 Å². The summed E-state index contributed by atoms with van der Waals surface area (Å²) in [6, 6.07) is 6.91. The van der Waals surface area contributed by atoms with Crippen LogP contribution in [-0.2, 0) is 31.5 Å². The molecule has 2 amide bonds. The fraction of sp³-hybridized carbons (Fsp3) is 0.406. The van der Waals surface area contributed by atoms with E-state index >= 15 is 0 Å². The molecule has 0 bridgehead atoms. The fourth-order valence-corrected chi connectivity index (χ4v) is 8.36. The van der Waals surface area contributed by atoms with Crippen molar-refractivity contribution >= 4 is 15.9 Å². The average Bonchev–Trinajstić information content (AvgIpc) is 3.50. The number of urea groups is 1. The first-order chi connectivity index (χ1) is 23.2. The Labute approximate surface area is 279 Å². The average molecular weight is 741 g/mol. The number of carbonyl (C=O) groups excluding carboxylic acids is 1. The quantitative estimate of drug-likeness (QED) is 0.243. The third kappa shape index (κ3) is 6.41. The van der Waals surface area contributed by atoms with Crippen molar-refractivity contribution in [3.8, 4) is 0 Å². The van der Waals surface area contributed by atoms with Gasteiger partial charge in [0.15, 0.2) is 9.84 Å². The van der Waals surface area contributed by atoms with Gasteiger partial charge in [-0.05, 0) is 54.8 Å². The van der Waals surface area contributed by atoms with Crippen LogP contribution in [0.15, 0.2) is 71.6 Å². The highest BCUT2D eigenvalue weighted by Crippen LogP contribution is 2.54. The van der Waals surface area contributed by atoms with E-state index in [1.807, 2.05) is 0 Å². The predicted molar refractivity (Wildman–Crippen MR) is 156 cm³/mol. The van der Waals surface area contributed by atoms with Crippen LogP contribution >= 0.6 is 0 Å². The van der Waals surface area contributed by atoms with Crippen molar-refractivity contribution in [2.45, 2.75) is 59.3 Å². The van der Waals surface area contributed by atoms with Gasteiger partial charge in [-0.2, -0.15) is 26.3 Å². The van der Waals surface area contributed by atoms with Crippen LogP contribution in [0.2, 0.25) is 0 Å². The molecule has 50 heavy (non-hydrogen) atoms. The molecule has 2 N–H and O–H groups in total. The highest BCUT2D eigenvalue weighted by molar-refractivity contribution is 7.92. The number of benzene rings is 3. The van der Waals surface area contributed by atoms with Gasteiger partial charge in [-0.15, -0.1) is 0 Å². The smallest absolute Gasteiger partial charge is 0.390 e. The van der Waals surface area contributed by atoms with Crippen molar-refractivity contribution in [2.24, 2.45) is 0 Å². The number of ether oxygens (including phenoxy) is 1. The Morgan fingerprint density at radius 2 is 1.40 bits per heavy atom. The minimum absolute atomic E-state index is 0.00623. The molecular formula is C32H29F9N2O6S. The molecule has 2 heterocycles. The van der Waals surface area contributed by atoms with Crippen LogP contribution in [0.4, 0.5) is 44.3 Å². The second-order valence-electron chi connectivity index (χ2n) is 12.0. The second kappa shape index (κ2) is 13.4. The largest absolute Gasteiger partial charge is 0.430 e. The van der Waals surface area contributed by atoms with Crippen LogP contribution in [0, 0.1) is 17.5 Å². The maximum absolute atomic E-state index is 14.5. The highest BCUT2D eigenvalue weighted by Gasteiger charge is 2.73. The molecule has 5 rings (SSSR count). The topological polar surface area (TPSA) is 107 Å². The molecule has 272 valence electrons. The Hall–Kier alpha value is -3.87. The first-order valence-corrected chi connectivity index (χ1v) is 16.4. The summed E-state index contributed by atoms with van der Waals surface area (Å²) in [5, 5.41) is 19.9. The number of sulfone groups is 1. The Balaban J connectivity index is 1.58. The van der Waals surface area contributed by atoms with Gasteiger partial charge in [-0.25, -0.2) is 26.4 Å². The van der Waals surface area contributed by atoms with Gasteiger partial charge in [0.25, 0.3) is 5.60 Å². The minimum atomic E-state index is -6.25. The van der Waals surface area contributed by atoms with E-state index < -0.39 is 104 Å². The number of aliphatic hydroxyl groups excluding tert-OH is 2. The van der Waals surface area contributed by atoms with Crippen LogP contribution in [0.3, 0.4) is 0 Å². The number of amides is 2. The molecule has 18 heteroatoms. The van der Waals surface area contributed by atoms with Crippen molar-refractivity contribution in [1.29, 1.82) is 0 Å². The lowest BCUT2D eigenvalue weighted by Gasteiger charge is -2.38. The van der Waals surface area contributed by atoms with Gasteiger partial charge in [-0.1, -0.05) is 30.3 Å². The third-order valence-corrected chi connectivity index (χ3v) is 11.6. The molecule has 0 aliphatic carbocycles. The van der Waals surface area contributed by atoms with Gasteiger partial charge in [-0.3, -0.25) is 0 Å². The van der Waals surface area contributed by atoms with Crippen molar-refractivity contribution in [1.82, 2.24) is 9.80 Å². The summed E-state index contributed by atoms with van der Waals surface area (Å²) >= 11 is 0. The molecule has 2 aliphatic rings. The predicted octanol–water partition coefficient (Wildman–Crippen LogP) is 5.56. The van der Waals surface area contributed by atoms with E-state index in [0.29, 0.717) is 36.4 Å². The number of aliphatic hydroxyl groups is 2. The number of alkyl halides is 6. The molecule has 0 spiro atoms. The Morgan fingerprint density at radius 1 is 0.820 bits per heavy atom. The summed E-state index contributed by atoms with van der Waals surface area (Å²) in [7, 11) is -4.68. The Morgan fingerprint density at radius 3 is 1.94 bits per heavy atom. The molecule has 8 nitrogen and oxygen atoms in total. The summed E-state index contributed by atoms with van der Waals surface area (Å²) in [4.78, 5) is 15.2. The van der Waals surface area contributed by atoms with Crippen LogP contribution in [0.1, 0.15) is 29.5 Å². The summed E-state index contributed by atoms with van der Waals surface area (Å²) in [6.45, 7) is -3.00. The first-order valence-electron chi connectivity index (χ1n) is 15.0. The number of piperidine rings is 1. The molecule has 0 aromatic heterocycles. The van der Waals surface area contributed by atoms with Crippen LogP contribution in [-0.4, -0.2) is 85.2 Å². The zero-order chi connectivity index (χ0) is 36.9. The standard InChI is InChI=1S/C32H29F9N2O6S/c33-21-8-10-22(11-9-21)50(47,48)29(13-15-43(18-29)28(46)42-14-12-26(44)27(45)16-42)19-4-6-20(7-5-19)30(31(36,37)38,32(39,40)41)49-17-23-24(34)2-1-3-25(23)35/h1-11,26-27,44-45H,12-18H2. The van der Waals surface area contributed by atoms with Gasteiger partial charge >= 0.3 is 18.4 Å². The number of hydrogen-bond acceptors (Lipinski definition) is 6. The SMILES string of the molecule is O=C(N1CCC(O)C(O)C1)N1CCC(c2ccc(C(OCc3c(F)cccc3F)(C(F)(F)F)C(F)(F)F)cc2)(S(=O)(=O)c2ccc(F)cc2)C1. The number of nitrogens with zero attached hydrogens (tertiary/aromatic N) is 2. The number of rotatable bonds is 7. The lowest BCUT2D eigenvalue weighted by atomic mass is 9.88. The molecule has 3 unspecified atom stereocenters. The van der Waals surface area contributed by atoms with E-state index in [-0.39, 0.29) is 31.6 Å². The van der Waals surface area contributed by atoms with Gasteiger partial charge in [0.2, 0.25) is 0 Å². The van der Waals surface area contributed by atoms with Gasteiger partial charge in [0.05, 0.1) is 30.3 Å². The zero-order valence-electron chi connectivity index (χ0n) is 25.7. The summed E-state index contributed by atoms with van der Waals surface area (Å²) in [6.07, 6.45) is -15.3. The van der Waals surface area contributed by atoms with E-state index in [1.165, 1.54) is 0 Å². The van der Waals surface area contributed by atoms with E-state index in [1.54, 1.807) is 0 Å². The monoisotopic (exact) mass is 740 g/mol. The van der Waals surface area contributed by atoms with E-state index in [9.17, 15) is 62.9 Å². The first kappa shape index (κ1) is 37.4. The molecule has 2 fully saturated rings. The zero-order valence-corrected chi connectivity index (χ0v) is 26.5. The van der Waals surface area contributed by atoms with Crippen molar-refractivity contribution in [3.63, 3.8) is 0 Å². The summed E-state index contributed by atoms with van der Waals surface area (Å²) in [5.74, 6) is -3.72. The fourth-order valence-electron chi connectivity index (χ4n) is 6.28. The molecule has 0 radical (unpaired) electrons. The molecule has 2 aliphatic heterocycles. The van der Waals surface area contributed by atoms with Crippen molar-refractivity contribution in [2.75, 3.05) is 26.2 Å². The maximum Gasteiger partial charge on any atom is 0.430 e. The van der Waals surface area contributed by atoms with Crippen LogP contribution < -0.4 is 0 Å². The third-order valence-electron chi connectivity index (χ3n) is 9.07. The molecule has 3 aromatic rings. The molecule has 3 aromatic carbocycles. The van der Waals surface area contributed by atoms with Gasteiger partial charge < -0.3 is 24.7 Å². The highest BCUT2D eigenvalue weighted by atomic mass is 32.2. The van der Waals surface area contributed by atoms with E-state index in [0.717, 1.165) is 40.1 Å². The number of β-amino-alcohol motifs (C(OH)–C–C–N with tert-alkyl or cyclic N) is 1.